The van der Waals surface area contributed by atoms with E-state index in [1.54, 1.807) is 0 Å². The number of likely N-dealkylation sites (N-methyl/N-ethyl adjacent to an activating group) is 1. The lowest BCUT2D eigenvalue weighted by Gasteiger charge is -2.31. The van der Waals surface area contributed by atoms with Crippen molar-refractivity contribution < 1.29 is 38.2 Å². The topological polar surface area (TPSA) is 99.1 Å². The second-order valence-corrected chi connectivity index (χ2v) is 14.8. The van der Waals surface area contributed by atoms with E-state index in [1.165, 1.54) is 0 Å². The Labute approximate surface area is 347 Å². The van der Waals surface area contributed by atoms with E-state index < -0.39 is 18.1 Å². The first kappa shape index (κ1) is 53.0. The molecule has 1 N–H and O–H groups in total. The van der Waals surface area contributed by atoms with Crippen molar-refractivity contribution >= 4 is 17.9 Å². The zero-order valence-electron chi connectivity index (χ0n) is 36.2. The van der Waals surface area contributed by atoms with Crippen LogP contribution in [0.5, 0.6) is 0 Å². The molecule has 0 radical (unpaired) electrons. The molecule has 0 aromatic carbocycles. The number of ether oxygens (including phenoxy) is 3. The lowest BCUT2D eigenvalue weighted by atomic mass is 10.1. The molecule has 0 aliphatic rings. The van der Waals surface area contributed by atoms with E-state index in [-0.39, 0.29) is 49.1 Å². The number of allylic oxidation sites excluding steroid dienone is 18. The monoisotopic (exact) mass is 793 g/mol. The van der Waals surface area contributed by atoms with Crippen LogP contribution in [0.1, 0.15) is 129 Å². The van der Waals surface area contributed by atoms with Crippen LogP contribution in [0, 0.1) is 0 Å². The summed E-state index contributed by atoms with van der Waals surface area (Å²) in [7, 11) is 5.48. The third-order valence-electron chi connectivity index (χ3n) is 8.67. The molecule has 320 valence electrons. The van der Waals surface area contributed by atoms with Gasteiger partial charge in [0.15, 0.2) is 12.1 Å². The fourth-order valence-electron chi connectivity index (χ4n) is 5.40. The van der Waals surface area contributed by atoms with Gasteiger partial charge in [0.25, 0.3) is 0 Å². The summed E-state index contributed by atoms with van der Waals surface area (Å²) >= 11 is 0. The fraction of sp³-hybridized carbons (Fsp3) is 0.571. The van der Waals surface area contributed by atoms with Gasteiger partial charge in [-0.15, -0.1) is 0 Å². The van der Waals surface area contributed by atoms with Crippen molar-refractivity contribution in [1.29, 1.82) is 0 Å². The Morgan fingerprint density at radius 2 is 0.912 bits per heavy atom. The molecule has 2 unspecified atom stereocenters. The number of rotatable bonds is 36. The van der Waals surface area contributed by atoms with Crippen LogP contribution >= 0.6 is 0 Å². The van der Waals surface area contributed by atoms with Gasteiger partial charge in [0.2, 0.25) is 0 Å². The van der Waals surface area contributed by atoms with Crippen LogP contribution in [0.25, 0.3) is 0 Å². The maximum atomic E-state index is 12.7. The maximum absolute atomic E-state index is 12.7. The molecule has 0 aliphatic heterocycles. The van der Waals surface area contributed by atoms with Crippen molar-refractivity contribution in [2.45, 2.75) is 142 Å². The van der Waals surface area contributed by atoms with E-state index in [9.17, 15) is 19.5 Å². The van der Waals surface area contributed by atoms with E-state index in [1.807, 2.05) is 21.1 Å². The third-order valence-corrected chi connectivity index (χ3v) is 8.67. The Morgan fingerprint density at radius 1 is 0.526 bits per heavy atom. The van der Waals surface area contributed by atoms with Gasteiger partial charge in [-0.25, -0.2) is 4.79 Å². The van der Waals surface area contributed by atoms with Gasteiger partial charge in [0, 0.05) is 19.3 Å². The van der Waals surface area contributed by atoms with Crippen LogP contribution in [0.2, 0.25) is 0 Å². The zero-order chi connectivity index (χ0) is 42.1. The number of carboxylic acids is 1. The molecule has 8 nitrogen and oxygen atoms in total. The SMILES string of the molecule is CC/C=C/C/C=C/C/C=C/C/C=C/C/C=C/C/C=C/CCCCC(=O)OC(COCCC(C(=O)O)[N+](C)(C)C)COC(=O)CCCC/C=C/C/C=C/C/C=C/CC. The molecule has 0 aliphatic carbocycles. The highest BCUT2D eigenvalue weighted by Gasteiger charge is 2.31. The minimum Gasteiger partial charge on any atom is -0.477 e. The molecule has 2 atom stereocenters. The molecule has 0 rings (SSSR count). The molecule has 0 spiro atoms. The molecule has 8 heteroatoms. The summed E-state index contributed by atoms with van der Waals surface area (Å²) in [5, 5.41) is 9.61. The Hall–Kier alpha value is -4.01. The molecule has 0 saturated heterocycles. The van der Waals surface area contributed by atoms with Gasteiger partial charge in [-0.1, -0.05) is 123 Å². The molecule has 57 heavy (non-hydrogen) atoms. The molecule has 0 aromatic heterocycles. The van der Waals surface area contributed by atoms with E-state index in [4.69, 9.17) is 14.2 Å². The Morgan fingerprint density at radius 3 is 1.30 bits per heavy atom. The number of unbranched alkanes of at least 4 members (excludes halogenated alkanes) is 4. The van der Waals surface area contributed by atoms with Crippen molar-refractivity contribution in [2.24, 2.45) is 0 Å². The number of carbonyl (C=O) groups excluding carboxylic acids is 2. The van der Waals surface area contributed by atoms with Crippen LogP contribution in [0.4, 0.5) is 0 Å². The largest absolute Gasteiger partial charge is 0.477 e. The van der Waals surface area contributed by atoms with Crippen molar-refractivity contribution in [3.8, 4) is 0 Å². The summed E-state index contributed by atoms with van der Waals surface area (Å²) in [5.41, 5.74) is 0. The van der Waals surface area contributed by atoms with Crippen molar-refractivity contribution in [2.75, 3.05) is 41.0 Å². The average molecular weight is 793 g/mol. The maximum Gasteiger partial charge on any atom is 0.362 e. The third kappa shape index (κ3) is 37.3. The average Bonchev–Trinajstić information content (AvgIpc) is 3.17. The van der Waals surface area contributed by atoms with Crippen molar-refractivity contribution in [3.63, 3.8) is 0 Å². The number of nitrogens with zero attached hydrogens (tertiary/aromatic N) is 1. The van der Waals surface area contributed by atoms with Gasteiger partial charge in [-0.05, 0) is 96.3 Å². The normalized spacial score (nSPS) is 14.1. The second-order valence-electron chi connectivity index (χ2n) is 14.8. The number of hydrogen-bond donors (Lipinski definition) is 1. The molecular weight excluding hydrogens is 715 g/mol. The lowest BCUT2D eigenvalue weighted by molar-refractivity contribution is -0.887. The summed E-state index contributed by atoms with van der Waals surface area (Å²) in [5.74, 6) is -1.60. The number of aliphatic carboxylic acids is 1. The summed E-state index contributed by atoms with van der Waals surface area (Å²) in [4.78, 5) is 36.9. The minimum absolute atomic E-state index is 0.0230. The summed E-state index contributed by atoms with van der Waals surface area (Å²) in [6, 6.07) is -0.635. The van der Waals surface area contributed by atoms with Crippen molar-refractivity contribution in [3.05, 3.63) is 109 Å². The quantitative estimate of drug-likeness (QED) is 0.0292. The second kappa shape index (κ2) is 38.8. The van der Waals surface area contributed by atoms with Crippen LogP contribution in [0.3, 0.4) is 0 Å². The van der Waals surface area contributed by atoms with E-state index in [0.29, 0.717) is 19.3 Å². The Balaban J connectivity index is 4.51. The summed E-state index contributed by atoms with van der Waals surface area (Å²) < 4.78 is 17.1. The van der Waals surface area contributed by atoms with Gasteiger partial charge >= 0.3 is 17.9 Å². The number of quaternary nitrogens is 1. The molecule has 0 fully saturated rings. The van der Waals surface area contributed by atoms with Crippen LogP contribution in [-0.2, 0) is 28.6 Å². The Kier molecular flexibility index (Phi) is 36.1. The van der Waals surface area contributed by atoms with Gasteiger partial charge < -0.3 is 23.8 Å². The molecule has 0 amide bonds. The summed E-state index contributed by atoms with van der Waals surface area (Å²) in [6.45, 7) is 4.38. The van der Waals surface area contributed by atoms with Crippen LogP contribution in [0.15, 0.2) is 109 Å². The molecular formula is C49H78NO7+. The van der Waals surface area contributed by atoms with Gasteiger partial charge in [-0.3, -0.25) is 9.59 Å². The highest BCUT2D eigenvalue weighted by molar-refractivity contribution is 5.72. The number of esters is 2. The summed E-state index contributed by atoms with van der Waals surface area (Å²) in [6.07, 6.45) is 52.9. The number of carboxylic acid groups (broad SMARTS) is 1. The predicted octanol–water partition coefficient (Wildman–Crippen LogP) is 11.7. The standard InChI is InChI=1S/C49H77NO7/c1-6-8-10-12-14-16-18-20-21-22-23-24-25-26-27-28-30-32-34-36-38-40-48(52)57-45(43-55-42-41-46(49(53)54)50(3,4)5)44-56-47(51)39-37-35-33-31-29-19-17-15-13-11-9-7-2/h8-11,14-17,20-21,23-24,26-27,29-32,45-46H,6-7,12-13,18-19,22,25,28,33-44H2,1-5H3/p+1/b10-8+,11-9+,16-14+,17-15+,21-20+,24-23+,27-26+,31-29+,32-30+. The lowest BCUT2D eigenvalue weighted by Crippen LogP contribution is -2.50. The number of carbonyl (C=O) groups is 3. The first-order chi connectivity index (χ1) is 27.6. The van der Waals surface area contributed by atoms with E-state index in [2.05, 4.69) is 123 Å². The smallest absolute Gasteiger partial charge is 0.362 e. The molecule has 0 heterocycles. The predicted molar refractivity (Wildman–Crippen MR) is 238 cm³/mol. The highest BCUT2D eigenvalue weighted by Crippen LogP contribution is 2.11. The van der Waals surface area contributed by atoms with Gasteiger partial charge in [0.1, 0.15) is 6.61 Å². The van der Waals surface area contributed by atoms with Gasteiger partial charge in [0.05, 0.1) is 34.4 Å². The number of hydrogen-bond acceptors (Lipinski definition) is 6. The highest BCUT2D eigenvalue weighted by atomic mass is 16.6. The van der Waals surface area contributed by atoms with Gasteiger partial charge in [-0.2, -0.15) is 0 Å². The molecule has 0 aromatic rings. The van der Waals surface area contributed by atoms with Crippen molar-refractivity contribution in [1.82, 2.24) is 0 Å². The minimum atomic E-state index is -0.894. The Bertz CT molecular complexity index is 1290. The first-order valence-electron chi connectivity index (χ1n) is 21.4. The fourth-order valence-corrected chi connectivity index (χ4v) is 5.40. The van der Waals surface area contributed by atoms with Crippen LogP contribution < -0.4 is 0 Å². The van der Waals surface area contributed by atoms with E-state index in [0.717, 1.165) is 83.5 Å². The van der Waals surface area contributed by atoms with E-state index >= 15 is 0 Å². The molecule has 0 saturated carbocycles. The first-order valence-corrected chi connectivity index (χ1v) is 21.4. The zero-order valence-corrected chi connectivity index (χ0v) is 36.2. The molecule has 0 bridgehead atoms. The van der Waals surface area contributed by atoms with Crippen LogP contribution in [-0.4, -0.2) is 80.6 Å².